The number of hydrogen-bond donors (Lipinski definition) is 4. The lowest BCUT2D eigenvalue weighted by atomic mass is 10.1. The maximum absolute atomic E-state index is 13.1. The Kier molecular flexibility index (Phi) is 9.41. The predicted molar refractivity (Wildman–Crippen MR) is 138 cm³/mol. The second-order valence-corrected chi connectivity index (χ2v) is 11.4. The molecule has 0 aliphatic carbocycles. The highest BCUT2D eigenvalue weighted by Gasteiger charge is 2.32. The molecule has 38 heavy (non-hydrogen) atoms. The van der Waals surface area contributed by atoms with E-state index in [1.807, 2.05) is 0 Å². The number of carbonyl (C=O) groups is 2. The third-order valence-corrected chi connectivity index (χ3v) is 8.76. The number of aliphatic hydroxyl groups is 1. The fourth-order valence-electron chi connectivity index (χ4n) is 3.41. The highest BCUT2D eigenvalue weighted by atomic mass is 35.5. The van der Waals surface area contributed by atoms with E-state index in [2.05, 4.69) is 15.4 Å². The highest BCUT2D eigenvalue weighted by molar-refractivity contribution is 7.94. The van der Waals surface area contributed by atoms with Gasteiger partial charge < -0.3 is 15.7 Å². The van der Waals surface area contributed by atoms with Crippen LogP contribution < -0.4 is 15.4 Å². The molecule has 4 N–H and O–H groups in total. The number of hydrogen-bond acceptors (Lipinski definition) is 6. The number of aliphatic hydroxyl groups excluding tert-OH is 1. The van der Waals surface area contributed by atoms with Gasteiger partial charge >= 0.3 is 6.18 Å². The summed E-state index contributed by atoms with van der Waals surface area (Å²) in [6, 6.07) is 11.4. The molecule has 2 amide bonds. The molecule has 3 aromatic rings. The van der Waals surface area contributed by atoms with Crippen molar-refractivity contribution >= 4 is 50.5 Å². The molecular weight excluding hydrogens is 567 g/mol. The minimum absolute atomic E-state index is 0.0235. The number of halogens is 4. The fourth-order valence-corrected chi connectivity index (χ4v) is 6.30. The van der Waals surface area contributed by atoms with Gasteiger partial charge in [0.25, 0.3) is 15.9 Å². The Hall–Kier alpha value is -3.13. The average Bonchev–Trinajstić information content (AvgIpc) is 3.26. The zero-order chi connectivity index (χ0) is 28.1. The molecule has 1 heterocycles. The quantitative estimate of drug-likeness (QED) is 0.285. The van der Waals surface area contributed by atoms with E-state index in [0.29, 0.717) is 17.4 Å². The summed E-state index contributed by atoms with van der Waals surface area (Å²) in [6.45, 7) is 1.10. The average molecular weight is 590 g/mol. The van der Waals surface area contributed by atoms with Gasteiger partial charge in [0.05, 0.1) is 27.8 Å². The number of benzene rings is 2. The van der Waals surface area contributed by atoms with E-state index in [0.717, 1.165) is 17.7 Å². The zero-order valence-corrected chi connectivity index (χ0v) is 22.2. The molecule has 0 aliphatic heterocycles. The van der Waals surface area contributed by atoms with Crippen molar-refractivity contribution in [2.24, 2.45) is 0 Å². The Labute approximate surface area is 225 Å². The van der Waals surface area contributed by atoms with Gasteiger partial charge in [-0.3, -0.25) is 14.3 Å². The summed E-state index contributed by atoms with van der Waals surface area (Å²) in [4.78, 5) is 25.6. The summed E-state index contributed by atoms with van der Waals surface area (Å²) in [6.07, 6.45) is -4.58. The summed E-state index contributed by atoms with van der Waals surface area (Å²) >= 11 is 6.50. The molecule has 0 saturated carbocycles. The summed E-state index contributed by atoms with van der Waals surface area (Å²) in [5.74, 6) is -1.27. The third-order valence-electron chi connectivity index (χ3n) is 5.19. The van der Waals surface area contributed by atoms with Crippen molar-refractivity contribution in [3.63, 3.8) is 0 Å². The van der Waals surface area contributed by atoms with Crippen molar-refractivity contribution in [1.29, 1.82) is 0 Å². The molecule has 1 atom stereocenters. The summed E-state index contributed by atoms with van der Waals surface area (Å²) in [7, 11) is -4.42. The van der Waals surface area contributed by atoms with Crippen LogP contribution in [-0.4, -0.2) is 44.5 Å². The van der Waals surface area contributed by atoms with E-state index in [1.165, 1.54) is 13.0 Å². The SMILES string of the molecule is Cc1cc(C(=O)N[C@H](Cc2ccccc2)C(=O)NCCO)sc1S(=O)(=O)Nc1cc(C(F)(F)F)ccc1Cl. The number of rotatable bonds is 10. The van der Waals surface area contributed by atoms with Crippen molar-refractivity contribution in [3.05, 3.63) is 81.2 Å². The van der Waals surface area contributed by atoms with Crippen LogP contribution in [0.5, 0.6) is 0 Å². The predicted octanol–water partition coefficient (Wildman–Crippen LogP) is 3.98. The molecule has 0 spiro atoms. The topological polar surface area (TPSA) is 125 Å². The number of sulfonamides is 1. The summed E-state index contributed by atoms with van der Waals surface area (Å²) < 4.78 is 67.0. The summed E-state index contributed by atoms with van der Waals surface area (Å²) in [5, 5.41) is 13.8. The Bertz CT molecular complexity index is 1410. The molecule has 3 rings (SSSR count). The molecule has 2 aromatic carbocycles. The first-order valence-electron chi connectivity index (χ1n) is 11.0. The van der Waals surface area contributed by atoms with Crippen LogP contribution in [0.15, 0.2) is 58.8 Å². The van der Waals surface area contributed by atoms with Crippen molar-refractivity contribution < 1.29 is 36.3 Å². The smallest absolute Gasteiger partial charge is 0.395 e. The highest BCUT2D eigenvalue weighted by Crippen LogP contribution is 2.36. The first kappa shape index (κ1) is 29.4. The van der Waals surface area contributed by atoms with E-state index in [-0.39, 0.29) is 39.2 Å². The molecule has 204 valence electrons. The minimum atomic E-state index is -4.71. The molecule has 0 fully saturated rings. The largest absolute Gasteiger partial charge is 0.416 e. The minimum Gasteiger partial charge on any atom is -0.395 e. The van der Waals surface area contributed by atoms with Crippen LogP contribution in [0.2, 0.25) is 5.02 Å². The number of anilines is 1. The molecule has 14 heteroatoms. The maximum Gasteiger partial charge on any atom is 0.416 e. The van der Waals surface area contributed by atoms with Crippen LogP contribution in [0, 0.1) is 6.92 Å². The molecule has 0 saturated heterocycles. The van der Waals surface area contributed by atoms with Gasteiger partial charge in [0, 0.05) is 13.0 Å². The number of thiophene rings is 1. The lowest BCUT2D eigenvalue weighted by Crippen LogP contribution is -2.48. The first-order valence-corrected chi connectivity index (χ1v) is 13.7. The second-order valence-electron chi connectivity index (χ2n) is 8.11. The van der Waals surface area contributed by atoms with Crippen LogP contribution in [0.4, 0.5) is 18.9 Å². The Morgan fingerprint density at radius 2 is 1.79 bits per heavy atom. The van der Waals surface area contributed by atoms with Gasteiger partial charge in [-0.1, -0.05) is 41.9 Å². The van der Waals surface area contributed by atoms with E-state index in [1.54, 1.807) is 30.3 Å². The van der Waals surface area contributed by atoms with Crippen molar-refractivity contribution in [1.82, 2.24) is 10.6 Å². The molecule has 0 aliphatic rings. The van der Waals surface area contributed by atoms with E-state index in [9.17, 15) is 31.2 Å². The molecule has 0 bridgehead atoms. The first-order chi connectivity index (χ1) is 17.8. The molecule has 0 unspecified atom stereocenters. The van der Waals surface area contributed by atoms with Gasteiger partial charge in [-0.25, -0.2) is 8.42 Å². The van der Waals surface area contributed by atoms with Crippen molar-refractivity contribution in [3.8, 4) is 0 Å². The van der Waals surface area contributed by atoms with E-state index < -0.39 is 45.3 Å². The number of nitrogens with one attached hydrogen (secondary N) is 3. The van der Waals surface area contributed by atoms with Crippen LogP contribution in [-0.2, 0) is 27.4 Å². The van der Waals surface area contributed by atoms with Crippen molar-refractivity contribution in [2.75, 3.05) is 17.9 Å². The molecular formula is C24H23ClF3N3O5S2. The monoisotopic (exact) mass is 589 g/mol. The third kappa shape index (κ3) is 7.47. The molecule has 8 nitrogen and oxygen atoms in total. The number of carbonyl (C=O) groups excluding carboxylic acids is 2. The standard InChI is InChI=1S/C24H23ClF3N3O5S2/c1-14-11-20(22(34)30-19(21(33)29-9-10-32)12-15-5-3-2-4-6-15)37-23(14)38(35,36)31-18-13-16(24(26,27)28)7-8-17(18)25/h2-8,11,13,19,31-32H,9-10,12H2,1H3,(H,29,33)(H,30,34)/t19-/m1/s1. The van der Waals surface area contributed by atoms with Gasteiger partial charge in [-0.05, 0) is 42.3 Å². The van der Waals surface area contributed by atoms with E-state index in [4.69, 9.17) is 16.7 Å². The van der Waals surface area contributed by atoms with Gasteiger partial charge in [0.2, 0.25) is 5.91 Å². The van der Waals surface area contributed by atoms with Gasteiger partial charge in [0.15, 0.2) is 0 Å². The maximum atomic E-state index is 13.1. The second kappa shape index (κ2) is 12.2. The molecule has 0 radical (unpaired) electrons. The molecule has 1 aromatic heterocycles. The van der Waals surface area contributed by atoms with Crippen LogP contribution in [0.1, 0.15) is 26.4 Å². The zero-order valence-electron chi connectivity index (χ0n) is 19.8. The van der Waals surface area contributed by atoms with E-state index >= 15 is 0 Å². The summed E-state index contributed by atoms with van der Waals surface area (Å²) in [5.41, 5.74) is -0.639. The Morgan fingerprint density at radius 3 is 2.42 bits per heavy atom. The number of amides is 2. The van der Waals surface area contributed by atoms with Gasteiger partial charge in [-0.15, -0.1) is 11.3 Å². The Morgan fingerprint density at radius 1 is 1.11 bits per heavy atom. The Balaban J connectivity index is 1.84. The van der Waals surface area contributed by atoms with Crippen LogP contribution in [0.25, 0.3) is 0 Å². The fraction of sp³-hybridized carbons (Fsp3) is 0.250. The number of alkyl halides is 3. The lowest BCUT2D eigenvalue weighted by Gasteiger charge is -2.18. The van der Waals surface area contributed by atoms with Gasteiger partial charge in [-0.2, -0.15) is 13.2 Å². The van der Waals surface area contributed by atoms with Gasteiger partial charge in [0.1, 0.15) is 10.3 Å². The van der Waals surface area contributed by atoms with Crippen molar-refractivity contribution in [2.45, 2.75) is 29.8 Å². The van der Waals surface area contributed by atoms with Crippen LogP contribution in [0.3, 0.4) is 0 Å². The normalized spacial score (nSPS) is 12.6. The lowest BCUT2D eigenvalue weighted by molar-refractivity contribution is -0.137. The number of aryl methyl sites for hydroxylation is 1. The van der Waals surface area contributed by atoms with Crippen LogP contribution >= 0.6 is 22.9 Å².